The lowest BCUT2D eigenvalue weighted by molar-refractivity contribution is -0.128. The normalized spacial score (nSPS) is 14.6. The maximum Gasteiger partial charge on any atom is 0.410 e. The summed E-state index contributed by atoms with van der Waals surface area (Å²) in [5.74, 6) is 0.610. The number of hydrogen-bond donors (Lipinski definition) is 1. The molecule has 1 saturated heterocycles. The minimum atomic E-state index is -0.644. The van der Waals surface area contributed by atoms with Crippen LogP contribution in [0.3, 0.4) is 0 Å². The predicted octanol–water partition coefficient (Wildman–Crippen LogP) is 4.84. The van der Waals surface area contributed by atoms with Crippen molar-refractivity contribution in [1.82, 2.24) is 10.2 Å². The Balaban J connectivity index is 1.58. The standard InChI is InChI=1S/C29H38N4O4/c1-21(2)20-26(27(34)31-15-14-30)36-25-12-8-23(9-13-25)22-6-10-24(11-7-22)32-16-18-33(19-17-32)28(35)37-29(3,4)5/h6-13,21,26H,15-20H2,1-5H3,(H,31,34). The average molecular weight is 507 g/mol. The molecule has 1 unspecified atom stereocenters. The molecule has 0 saturated carbocycles. The van der Waals surface area contributed by atoms with Crippen molar-refractivity contribution in [2.75, 3.05) is 37.6 Å². The summed E-state index contributed by atoms with van der Waals surface area (Å²) >= 11 is 0. The Kier molecular flexibility index (Phi) is 9.40. The van der Waals surface area contributed by atoms with Gasteiger partial charge in [0.15, 0.2) is 6.10 Å². The number of ether oxygens (including phenoxy) is 2. The molecule has 3 rings (SSSR count). The number of nitrogens with one attached hydrogen (secondary N) is 1. The summed E-state index contributed by atoms with van der Waals surface area (Å²) in [6.07, 6.45) is -0.338. The Labute approximate surface area is 220 Å². The van der Waals surface area contributed by atoms with Gasteiger partial charge in [0.05, 0.1) is 6.07 Å². The third-order valence-corrected chi connectivity index (χ3v) is 5.95. The number of carbonyl (C=O) groups excluding carboxylic acids is 2. The molecule has 0 aromatic heterocycles. The van der Waals surface area contributed by atoms with Gasteiger partial charge in [-0.1, -0.05) is 38.1 Å². The number of nitriles is 1. The number of carbonyl (C=O) groups is 2. The molecule has 2 aromatic rings. The quantitative estimate of drug-likeness (QED) is 0.515. The number of nitrogens with zero attached hydrogens (tertiary/aromatic N) is 3. The van der Waals surface area contributed by atoms with Crippen LogP contribution in [-0.4, -0.2) is 61.3 Å². The number of piperazine rings is 1. The number of rotatable bonds is 8. The monoisotopic (exact) mass is 506 g/mol. The fourth-order valence-electron chi connectivity index (χ4n) is 4.11. The molecule has 2 aromatic carbocycles. The van der Waals surface area contributed by atoms with Crippen molar-refractivity contribution in [2.24, 2.45) is 5.92 Å². The maximum atomic E-state index is 12.4. The number of anilines is 1. The van der Waals surface area contributed by atoms with Crippen molar-refractivity contribution in [1.29, 1.82) is 5.26 Å². The minimum absolute atomic E-state index is 0.0366. The molecule has 0 radical (unpaired) electrons. The largest absolute Gasteiger partial charge is 0.481 e. The van der Waals surface area contributed by atoms with E-state index in [4.69, 9.17) is 14.7 Å². The van der Waals surface area contributed by atoms with Gasteiger partial charge in [-0.3, -0.25) is 4.79 Å². The predicted molar refractivity (Wildman–Crippen MR) is 144 cm³/mol. The van der Waals surface area contributed by atoms with E-state index in [2.05, 4.69) is 34.5 Å². The van der Waals surface area contributed by atoms with Crippen molar-refractivity contribution in [3.63, 3.8) is 0 Å². The molecule has 1 atom stereocenters. The summed E-state index contributed by atoms with van der Waals surface area (Å²) in [7, 11) is 0. The van der Waals surface area contributed by atoms with Gasteiger partial charge in [0.1, 0.15) is 17.9 Å². The summed E-state index contributed by atoms with van der Waals surface area (Å²) < 4.78 is 11.4. The van der Waals surface area contributed by atoms with Crippen LogP contribution < -0.4 is 15.0 Å². The highest BCUT2D eigenvalue weighted by Gasteiger charge is 2.26. The zero-order chi connectivity index (χ0) is 27.0. The first-order valence-electron chi connectivity index (χ1n) is 12.8. The van der Waals surface area contributed by atoms with Gasteiger partial charge in [-0.15, -0.1) is 0 Å². The van der Waals surface area contributed by atoms with Crippen molar-refractivity contribution in [3.05, 3.63) is 48.5 Å². The minimum Gasteiger partial charge on any atom is -0.481 e. The van der Waals surface area contributed by atoms with Crippen LogP contribution in [0.2, 0.25) is 0 Å². The summed E-state index contributed by atoms with van der Waals surface area (Å²) in [5.41, 5.74) is 2.75. The van der Waals surface area contributed by atoms with Gasteiger partial charge >= 0.3 is 6.09 Å². The van der Waals surface area contributed by atoms with Crippen molar-refractivity contribution < 1.29 is 19.1 Å². The second kappa shape index (κ2) is 12.5. The van der Waals surface area contributed by atoms with Gasteiger partial charge in [-0.2, -0.15) is 5.26 Å². The lowest BCUT2D eigenvalue weighted by Crippen LogP contribution is -2.50. The van der Waals surface area contributed by atoms with Gasteiger partial charge < -0.3 is 24.6 Å². The first-order valence-corrected chi connectivity index (χ1v) is 12.8. The van der Waals surface area contributed by atoms with Crippen LogP contribution in [0.25, 0.3) is 11.1 Å². The zero-order valence-electron chi connectivity index (χ0n) is 22.5. The Morgan fingerprint density at radius 2 is 1.54 bits per heavy atom. The highest BCUT2D eigenvalue weighted by molar-refractivity contribution is 5.81. The van der Waals surface area contributed by atoms with Gasteiger partial charge in [0.25, 0.3) is 5.91 Å². The summed E-state index contributed by atoms with van der Waals surface area (Å²) in [5, 5.41) is 11.3. The van der Waals surface area contributed by atoms with Crippen molar-refractivity contribution in [3.8, 4) is 22.9 Å². The Morgan fingerprint density at radius 3 is 2.05 bits per heavy atom. The van der Waals surface area contributed by atoms with Crippen LogP contribution in [-0.2, 0) is 9.53 Å². The lowest BCUT2D eigenvalue weighted by Gasteiger charge is -2.36. The average Bonchev–Trinajstić information content (AvgIpc) is 2.86. The molecule has 1 heterocycles. The molecule has 0 aliphatic carbocycles. The van der Waals surface area contributed by atoms with Gasteiger partial charge in [-0.05, 0) is 68.5 Å². The number of amides is 2. The van der Waals surface area contributed by atoms with Crippen LogP contribution in [0, 0.1) is 17.2 Å². The molecule has 1 aliphatic heterocycles. The van der Waals surface area contributed by atoms with E-state index in [0.717, 1.165) is 29.9 Å². The first-order chi connectivity index (χ1) is 17.6. The maximum absolute atomic E-state index is 12.4. The molecule has 0 spiro atoms. The first kappa shape index (κ1) is 27.9. The lowest BCUT2D eigenvalue weighted by atomic mass is 10.0. The zero-order valence-corrected chi connectivity index (χ0v) is 22.5. The summed E-state index contributed by atoms with van der Waals surface area (Å²) in [6, 6.07) is 18.0. The molecule has 2 amide bonds. The van der Waals surface area contributed by atoms with E-state index in [-0.39, 0.29) is 24.5 Å². The smallest absolute Gasteiger partial charge is 0.410 e. The van der Waals surface area contributed by atoms with Crippen LogP contribution in [0.15, 0.2) is 48.5 Å². The van der Waals surface area contributed by atoms with Gasteiger partial charge in [0.2, 0.25) is 0 Å². The van der Waals surface area contributed by atoms with E-state index in [1.807, 2.05) is 65.0 Å². The topological polar surface area (TPSA) is 94.9 Å². The Bertz CT molecular complexity index is 1080. The van der Waals surface area contributed by atoms with Crippen LogP contribution >= 0.6 is 0 Å². The molecule has 0 bridgehead atoms. The van der Waals surface area contributed by atoms with E-state index in [0.29, 0.717) is 25.3 Å². The molecule has 198 valence electrons. The SMILES string of the molecule is CC(C)CC(Oc1ccc(-c2ccc(N3CCN(C(=O)OC(C)(C)C)CC3)cc2)cc1)C(=O)NCC#N. The molecule has 8 nitrogen and oxygen atoms in total. The van der Waals surface area contributed by atoms with E-state index < -0.39 is 11.7 Å². The molecule has 8 heteroatoms. The van der Waals surface area contributed by atoms with E-state index in [9.17, 15) is 9.59 Å². The summed E-state index contributed by atoms with van der Waals surface area (Å²) in [4.78, 5) is 28.7. The van der Waals surface area contributed by atoms with Gasteiger partial charge in [-0.25, -0.2) is 4.79 Å². The van der Waals surface area contributed by atoms with Crippen molar-refractivity contribution >= 4 is 17.7 Å². The molecular formula is C29H38N4O4. The highest BCUT2D eigenvalue weighted by atomic mass is 16.6. The van der Waals surface area contributed by atoms with Gasteiger partial charge in [0, 0.05) is 31.9 Å². The van der Waals surface area contributed by atoms with Crippen LogP contribution in [0.1, 0.15) is 41.0 Å². The van der Waals surface area contributed by atoms with Crippen LogP contribution in [0.5, 0.6) is 5.75 Å². The van der Waals surface area contributed by atoms with Crippen LogP contribution in [0.4, 0.5) is 10.5 Å². The Morgan fingerprint density at radius 1 is 0.973 bits per heavy atom. The van der Waals surface area contributed by atoms with E-state index >= 15 is 0 Å². The second-order valence-corrected chi connectivity index (χ2v) is 10.6. The fourth-order valence-corrected chi connectivity index (χ4v) is 4.11. The van der Waals surface area contributed by atoms with E-state index in [1.165, 1.54) is 0 Å². The number of benzene rings is 2. The number of hydrogen-bond acceptors (Lipinski definition) is 6. The van der Waals surface area contributed by atoms with E-state index in [1.54, 1.807) is 4.90 Å². The Hall–Kier alpha value is -3.73. The molecule has 37 heavy (non-hydrogen) atoms. The molecule has 1 aliphatic rings. The molecule has 1 N–H and O–H groups in total. The molecular weight excluding hydrogens is 468 g/mol. The highest BCUT2D eigenvalue weighted by Crippen LogP contribution is 2.27. The third kappa shape index (κ3) is 8.42. The summed E-state index contributed by atoms with van der Waals surface area (Å²) in [6.45, 7) is 12.4. The molecule has 1 fully saturated rings. The fraction of sp³-hybridized carbons (Fsp3) is 0.483. The third-order valence-electron chi connectivity index (χ3n) is 5.95. The second-order valence-electron chi connectivity index (χ2n) is 10.6. The van der Waals surface area contributed by atoms with Crippen molar-refractivity contribution in [2.45, 2.75) is 52.7 Å².